The molecule has 0 aromatic heterocycles. The highest BCUT2D eigenvalue weighted by atomic mass is 15.1. The van der Waals surface area contributed by atoms with E-state index in [9.17, 15) is 0 Å². The molecule has 0 N–H and O–H groups in total. The molecule has 1 unspecified atom stereocenters. The number of benzene rings is 10. The maximum absolute atomic E-state index is 2.50. The molecule has 0 aliphatic heterocycles. The fourth-order valence-electron chi connectivity index (χ4n) is 10.9. The van der Waals surface area contributed by atoms with E-state index in [-0.39, 0.29) is 5.41 Å². The van der Waals surface area contributed by atoms with E-state index in [0.717, 1.165) is 17.1 Å². The van der Waals surface area contributed by atoms with Crippen LogP contribution in [0.1, 0.15) is 47.2 Å². The molecule has 0 radical (unpaired) electrons. The van der Waals surface area contributed by atoms with Crippen molar-refractivity contribution in [3.8, 4) is 33.4 Å². The first-order valence-corrected chi connectivity index (χ1v) is 21.4. The largest absolute Gasteiger partial charge is 0.310 e. The van der Waals surface area contributed by atoms with E-state index in [0.29, 0.717) is 0 Å². The van der Waals surface area contributed by atoms with E-state index in [1.165, 1.54) is 88.3 Å². The van der Waals surface area contributed by atoms with Gasteiger partial charge in [0.25, 0.3) is 0 Å². The fraction of sp³-hybridized carbons (Fsp3) is 0.0667. The molecule has 10 aromatic carbocycles. The Morgan fingerprint density at radius 1 is 0.311 bits per heavy atom. The van der Waals surface area contributed by atoms with Crippen LogP contribution in [0.3, 0.4) is 0 Å². The third-order valence-corrected chi connectivity index (χ3v) is 13.7. The molecule has 2 aliphatic rings. The minimum absolute atomic E-state index is 0.137. The molecule has 10 aromatic rings. The quantitative estimate of drug-likeness (QED) is 0.152. The van der Waals surface area contributed by atoms with Crippen molar-refractivity contribution in [3.05, 3.63) is 258 Å². The first-order valence-electron chi connectivity index (χ1n) is 21.4. The first-order chi connectivity index (χ1) is 30.0. The molecule has 0 amide bonds. The third-order valence-electron chi connectivity index (χ3n) is 13.7. The summed E-state index contributed by atoms with van der Waals surface area (Å²) in [5.74, 6) is 0. The molecule has 288 valence electrons. The van der Waals surface area contributed by atoms with Crippen molar-refractivity contribution in [2.24, 2.45) is 0 Å². The summed E-state index contributed by atoms with van der Waals surface area (Å²) in [5.41, 5.74) is 18.1. The molecule has 0 saturated heterocycles. The zero-order valence-electron chi connectivity index (χ0n) is 34.3. The van der Waals surface area contributed by atoms with Crippen molar-refractivity contribution in [1.82, 2.24) is 0 Å². The van der Waals surface area contributed by atoms with Crippen LogP contribution in [0.2, 0.25) is 0 Å². The van der Waals surface area contributed by atoms with Gasteiger partial charge in [-0.3, -0.25) is 0 Å². The van der Waals surface area contributed by atoms with Crippen LogP contribution >= 0.6 is 0 Å². The van der Waals surface area contributed by atoms with Crippen molar-refractivity contribution in [3.63, 3.8) is 0 Å². The number of fused-ring (bicyclic) bond motifs is 9. The van der Waals surface area contributed by atoms with Gasteiger partial charge >= 0.3 is 0 Å². The Hall–Kier alpha value is -7.48. The SMILES string of the molecule is CC1(C)c2ccccc2-c2ccc(N(c3ccc4c(c3)C(c3ccccc3)(c3cccc(-c5ccccc5)c3)c3ccccc3-4)c3ccc4c(ccc5ccccc54)c3)cc21. The second kappa shape index (κ2) is 13.5. The highest BCUT2D eigenvalue weighted by Gasteiger charge is 2.46. The lowest BCUT2D eigenvalue weighted by Crippen LogP contribution is -2.29. The number of anilines is 3. The minimum Gasteiger partial charge on any atom is -0.310 e. The maximum atomic E-state index is 2.50. The monoisotopic (exact) mass is 777 g/mol. The topological polar surface area (TPSA) is 3.24 Å². The van der Waals surface area contributed by atoms with Gasteiger partial charge in [-0.1, -0.05) is 196 Å². The van der Waals surface area contributed by atoms with Crippen LogP contribution in [0.25, 0.3) is 54.9 Å². The highest BCUT2D eigenvalue weighted by molar-refractivity contribution is 6.08. The van der Waals surface area contributed by atoms with E-state index in [4.69, 9.17) is 0 Å². The summed E-state index contributed by atoms with van der Waals surface area (Å²) in [6, 6.07) is 83.8. The average molecular weight is 778 g/mol. The van der Waals surface area contributed by atoms with Gasteiger partial charge < -0.3 is 4.90 Å². The van der Waals surface area contributed by atoms with Crippen LogP contribution in [-0.4, -0.2) is 0 Å². The Labute approximate surface area is 357 Å². The number of hydrogen-bond donors (Lipinski definition) is 0. The Morgan fingerprint density at radius 2 is 0.836 bits per heavy atom. The van der Waals surface area contributed by atoms with Gasteiger partial charge in [0.05, 0.1) is 5.41 Å². The summed E-state index contributed by atoms with van der Waals surface area (Å²) in [5, 5.41) is 5.01. The molecular formula is C60H43N. The fourth-order valence-corrected chi connectivity index (χ4v) is 10.9. The molecule has 2 aliphatic carbocycles. The maximum Gasteiger partial charge on any atom is 0.0714 e. The second-order valence-corrected chi connectivity index (χ2v) is 17.3. The summed E-state index contributed by atoms with van der Waals surface area (Å²) < 4.78 is 0. The van der Waals surface area contributed by atoms with Gasteiger partial charge in [-0.15, -0.1) is 0 Å². The zero-order chi connectivity index (χ0) is 40.7. The molecule has 1 nitrogen and oxygen atoms in total. The van der Waals surface area contributed by atoms with E-state index in [1.54, 1.807) is 0 Å². The summed E-state index contributed by atoms with van der Waals surface area (Å²) in [4.78, 5) is 2.49. The Morgan fingerprint density at radius 3 is 1.62 bits per heavy atom. The molecule has 1 atom stereocenters. The van der Waals surface area contributed by atoms with Crippen LogP contribution in [0, 0.1) is 0 Å². The van der Waals surface area contributed by atoms with Crippen LogP contribution < -0.4 is 4.90 Å². The summed E-state index contributed by atoms with van der Waals surface area (Å²) in [6.07, 6.45) is 0. The molecule has 12 rings (SSSR count). The third kappa shape index (κ3) is 5.27. The molecule has 0 bridgehead atoms. The highest BCUT2D eigenvalue weighted by Crippen LogP contribution is 2.58. The Bertz CT molecular complexity index is 3340. The molecule has 0 heterocycles. The van der Waals surface area contributed by atoms with Gasteiger partial charge in [0.1, 0.15) is 0 Å². The summed E-state index contributed by atoms with van der Waals surface area (Å²) in [6.45, 7) is 4.74. The van der Waals surface area contributed by atoms with Crippen molar-refractivity contribution in [2.45, 2.75) is 24.7 Å². The van der Waals surface area contributed by atoms with Crippen molar-refractivity contribution >= 4 is 38.6 Å². The lowest BCUT2D eigenvalue weighted by Gasteiger charge is -2.35. The summed E-state index contributed by atoms with van der Waals surface area (Å²) in [7, 11) is 0. The standard InChI is InChI=1S/C60H43N/c1-59(2)55-26-13-11-24-51(55)53-34-31-47(38-57(53)59)61(46-30-33-50-43(37-46)29-28-41-18-9-10-23-49(41)50)48-32-35-54-52-25-12-14-27-56(52)60(58(54)39-48,44-20-7-4-8-21-44)45-22-15-19-42(36-45)40-16-5-3-6-17-40/h3-39H,1-2H3. The van der Waals surface area contributed by atoms with E-state index < -0.39 is 5.41 Å². The van der Waals surface area contributed by atoms with E-state index in [2.05, 4.69) is 243 Å². The first kappa shape index (κ1) is 35.5. The Balaban J connectivity index is 1.12. The van der Waals surface area contributed by atoms with Gasteiger partial charge in [0.2, 0.25) is 0 Å². The predicted octanol–water partition coefficient (Wildman–Crippen LogP) is 15.8. The van der Waals surface area contributed by atoms with Crippen LogP contribution in [0.4, 0.5) is 17.1 Å². The zero-order valence-corrected chi connectivity index (χ0v) is 34.3. The lowest BCUT2D eigenvalue weighted by molar-refractivity contribution is 0.660. The predicted molar refractivity (Wildman–Crippen MR) is 256 cm³/mol. The lowest BCUT2D eigenvalue weighted by atomic mass is 9.67. The molecule has 61 heavy (non-hydrogen) atoms. The summed E-state index contributed by atoms with van der Waals surface area (Å²) >= 11 is 0. The smallest absolute Gasteiger partial charge is 0.0714 e. The molecular weight excluding hydrogens is 735 g/mol. The van der Waals surface area contributed by atoms with Gasteiger partial charge in [-0.2, -0.15) is 0 Å². The van der Waals surface area contributed by atoms with E-state index >= 15 is 0 Å². The number of nitrogens with zero attached hydrogens (tertiary/aromatic N) is 1. The van der Waals surface area contributed by atoms with Gasteiger partial charge in [-0.25, -0.2) is 0 Å². The second-order valence-electron chi connectivity index (χ2n) is 17.3. The van der Waals surface area contributed by atoms with E-state index in [1.807, 2.05) is 0 Å². The van der Waals surface area contributed by atoms with Crippen molar-refractivity contribution < 1.29 is 0 Å². The van der Waals surface area contributed by atoms with Crippen molar-refractivity contribution in [2.75, 3.05) is 4.90 Å². The van der Waals surface area contributed by atoms with Crippen LogP contribution in [0.5, 0.6) is 0 Å². The molecule has 0 saturated carbocycles. The number of hydrogen-bond acceptors (Lipinski definition) is 1. The Kier molecular flexibility index (Phi) is 7.86. The van der Waals surface area contributed by atoms with Gasteiger partial charge in [0, 0.05) is 22.5 Å². The molecule has 0 fully saturated rings. The minimum atomic E-state index is -0.566. The average Bonchev–Trinajstić information content (AvgIpc) is 3.74. The number of rotatable bonds is 6. The van der Waals surface area contributed by atoms with Crippen LogP contribution in [-0.2, 0) is 10.8 Å². The molecule has 0 spiro atoms. The van der Waals surface area contributed by atoms with Gasteiger partial charge in [0.15, 0.2) is 0 Å². The normalized spacial score (nSPS) is 15.6. The van der Waals surface area contributed by atoms with Crippen LogP contribution in [0.15, 0.2) is 224 Å². The van der Waals surface area contributed by atoms with Gasteiger partial charge in [-0.05, 0) is 131 Å². The molecule has 1 heteroatoms. The van der Waals surface area contributed by atoms with Crippen molar-refractivity contribution in [1.29, 1.82) is 0 Å².